The molecule has 0 heterocycles. The molecule has 0 bridgehead atoms. The number of amides is 1. The summed E-state index contributed by atoms with van der Waals surface area (Å²) in [5.74, 6) is -0.447. The van der Waals surface area contributed by atoms with Crippen molar-refractivity contribution >= 4 is 33.0 Å². The van der Waals surface area contributed by atoms with E-state index in [-0.39, 0.29) is 17.0 Å². The summed E-state index contributed by atoms with van der Waals surface area (Å²) in [6, 6.07) is 18.6. The van der Waals surface area contributed by atoms with E-state index in [9.17, 15) is 23.3 Å². The Morgan fingerprint density at radius 3 is 2.17 bits per heavy atom. The van der Waals surface area contributed by atoms with Crippen LogP contribution in [0.3, 0.4) is 0 Å². The molecule has 0 aliphatic rings. The Hall–Kier alpha value is -3.72. The minimum Gasteiger partial charge on any atom is -0.326 e. The summed E-state index contributed by atoms with van der Waals surface area (Å²) in [6.45, 7) is 1.90. The number of aryl methyl sites for hydroxylation is 1. The zero-order valence-corrected chi connectivity index (χ0v) is 16.8. The van der Waals surface area contributed by atoms with Gasteiger partial charge in [-0.15, -0.1) is 0 Å². The van der Waals surface area contributed by atoms with Crippen LogP contribution < -0.4 is 10.0 Å². The van der Waals surface area contributed by atoms with Crippen molar-refractivity contribution in [1.82, 2.24) is 0 Å². The van der Waals surface area contributed by atoms with Gasteiger partial charge >= 0.3 is 0 Å². The van der Waals surface area contributed by atoms with E-state index < -0.39 is 20.9 Å². The van der Waals surface area contributed by atoms with Crippen LogP contribution in [0, 0.1) is 17.0 Å². The number of hydrogen-bond donors (Lipinski definition) is 2. The lowest BCUT2D eigenvalue weighted by Crippen LogP contribution is -2.16. The number of carbonyl (C=O) groups is 1. The lowest BCUT2D eigenvalue weighted by Gasteiger charge is -2.10. The molecule has 0 saturated carbocycles. The van der Waals surface area contributed by atoms with Crippen molar-refractivity contribution in [3.63, 3.8) is 0 Å². The van der Waals surface area contributed by atoms with Gasteiger partial charge in [-0.05, 0) is 43.3 Å². The molecule has 154 valence electrons. The summed E-state index contributed by atoms with van der Waals surface area (Å²) in [5, 5.41) is 13.7. The van der Waals surface area contributed by atoms with Crippen molar-refractivity contribution in [1.29, 1.82) is 0 Å². The highest BCUT2D eigenvalue weighted by Gasteiger charge is 2.17. The van der Waals surface area contributed by atoms with Crippen LogP contribution in [0.5, 0.6) is 0 Å². The van der Waals surface area contributed by atoms with Crippen molar-refractivity contribution in [3.8, 4) is 0 Å². The summed E-state index contributed by atoms with van der Waals surface area (Å²) < 4.78 is 27.5. The van der Waals surface area contributed by atoms with Crippen molar-refractivity contribution in [2.24, 2.45) is 0 Å². The van der Waals surface area contributed by atoms with E-state index >= 15 is 0 Å². The summed E-state index contributed by atoms with van der Waals surface area (Å²) in [6.07, 6.45) is -0.174. The maximum atomic E-state index is 12.5. The first kappa shape index (κ1) is 21.0. The number of benzene rings is 3. The molecule has 3 aromatic carbocycles. The molecule has 0 fully saturated rings. The second kappa shape index (κ2) is 8.75. The van der Waals surface area contributed by atoms with Crippen LogP contribution in [0.4, 0.5) is 17.1 Å². The Kier molecular flexibility index (Phi) is 6.12. The van der Waals surface area contributed by atoms with E-state index in [0.29, 0.717) is 16.9 Å². The van der Waals surface area contributed by atoms with Gasteiger partial charge in [0.15, 0.2) is 0 Å². The SMILES string of the molecule is Cc1ccc(NS(=O)(=O)c2ccc(NC(=O)Cc3ccccc3[N+](=O)[O-])cc2)cc1. The maximum absolute atomic E-state index is 12.5. The van der Waals surface area contributed by atoms with Crippen molar-refractivity contribution in [3.05, 3.63) is 94.0 Å². The standard InChI is InChI=1S/C21H19N3O5S/c1-15-6-8-18(9-7-15)23-30(28,29)19-12-10-17(11-13-19)22-21(25)14-16-4-2-3-5-20(16)24(26)27/h2-13,23H,14H2,1H3,(H,22,25). The molecule has 0 unspecified atom stereocenters. The number of anilines is 2. The van der Waals surface area contributed by atoms with Crippen LogP contribution in [0.2, 0.25) is 0 Å². The number of nitro benzene ring substituents is 1. The fraction of sp³-hybridized carbons (Fsp3) is 0.0952. The lowest BCUT2D eigenvalue weighted by atomic mass is 10.1. The van der Waals surface area contributed by atoms with E-state index in [2.05, 4.69) is 10.0 Å². The normalized spacial score (nSPS) is 11.0. The zero-order chi connectivity index (χ0) is 21.7. The molecule has 9 heteroatoms. The van der Waals surface area contributed by atoms with Gasteiger partial charge in [-0.2, -0.15) is 0 Å². The van der Waals surface area contributed by atoms with Crippen molar-refractivity contribution in [2.75, 3.05) is 10.0 Å². The molecule has 3 rings (SSSR count). The van der Waals surface area contributed by atoms with Crippen molar-refractivity contribution < 1.29 is 18.1 Å². The number of sulfonamides is 1. The van der Waals surface area contributed by atoms with Crippen molar-refractivity contribution in [2.45, 2.75) is 18.2 Å². The van der Waals surface area contributed by atoms with Gasteiger partial charge in [0.2, 0.25) is 5.91 Å². The quantitative estimate of drug-likeness (QED) is 0.440. The van der Waals surface area contributed by atoms with Gasteiger partial charge in [-0.25, -0.2) is 8.42 Å². The molecule has 3 aromatic rings. The number of nitro groups is 1. The first-order valence-corrected chi connectivity index (χ1v) is 10.4. The van der Waals surface area contributed by atoms with Gasteiger partial charge in [-0.3, -0.25) is 19.6 Å². The van der Waals surface area contributed by atoms with E-state index in [0.717, 1.165) is 5.56 Å². The summed E-state index contributed by atoms with van der Waals surface area (Å²) >= 11 is 0. The molecule has 8 nitrogen and oxygen atoms in total. The molecular weight excluding hydrogens is 406 g/mol. The fourth-order valence-electron chi connectivity index (χ4n) is 2.77. The highest BCUT2D eigenvalue weighted by molar-refractivity contribution is 7.92. The Labute approximate surface area is 173 Å². The first-order chi connectivity index (χ1) is 14.2. The molecule has 0 aromatic heterocycles. The van der Waals surface area contributed by atoms with Crippen LogP contribution in [-0.2, 0) is 21.2 Å². The van der Waals surface area contributed by atoms with Crippen LogP contribution >= 0.6 is 0 Å². The minimum atomic E-state index is -3.77. The Morgan fingerprint density at radius 1 is 0.933 bits per heavy atom. The summed E-state index contributed by atoms with van der Waals surface area (Å²) in [7, 11) is -3.77. The molecule has 0 aliphatic heterocycles. The third-order valence-corrected chi connectivity index (χ3v) is 5.69. The highest BCUT2D eigenvalue weighted by Crippen LogP contribution is 2.21. The monoisotopic (exact) mass is 425 g/mol. The largest absolute Gasteiger partial charge is 0.326 e. The van der Waals surface area contributed by atoms with Gasteiger partial charge in [0.05, 0.1) is 16.2 Å². The fourth-order valence-corrected chi connectivity index (χ4v) is 3.83. The molecule has 1 amide bonds. The molecule has 0 saturated heterocycles. The molecular formula is C21H19N3O5S. The van der Waals surface area contributed by atoms with Crippen LogP contribution in [0.1, 0.15) is 11.1 Å². The van der Waals surface area contributed by atoms with E-state index in [4.69, 9.17) is 0 Å². The summed E-state index contributed by atoms with van der Waals surface area (Å²) in [4.78, 5) is 22.8. The van der Waals surface area contributed by atoms with E-state index in [1.54, 1.807) is 30.3 Å². The molecule has 2 N–H and O–H groups in total. The number of nitrogens with zero attached hydrogens (tertiary/aromatic N) is 1. The second-order valence-electron chi connectivity index (χ2n) is 6.61. The predicted molar refractivity (Wildman–Crippen MR) is 114 cm³/mol. The predicted octanol–water partition coefficient (Wildman–Crippen LogP) is 3.89. The highest BCUT2D eigenvalue weighted by atomic mass is 32.2. The van der Waals surface area contributed by atoms with E-state index in [1.165, 1.54) is 42.5 Å². The Morgan fingerprint density at radius 2 is 1.53 bits per heavy atom. The van der Waals surface area contributed by atoms with Gasteiger partial charge < -0.3 is 5.32 Å². The van der Waals surface area contributed by atoms with Crippen LogP contribution in [0.15, 0.2) is 77.7 Å². The maximum Gasteiger partial charge on any atom is 0.273 e. The van der Waals surface area contributed by atoms with Crippen LogP contribution in [0.25, 0.3) is 0 Å². The average molecular weight is 425 g/mol. The average Bonchev–Trinajstić information content (AvgIpc) is 2.70. The Bertz CT molecular complexity index is 1170. The molecule has 0 radical (unpaired) electrons. The van der Waals surface area contributed by atoms with Crippen LogP contribution in [-0.4, -0.2) is 19.2 Å². The first-order valence-electron chi connectivity index (χ1n) is 8.96. The molecule has 0 spiro atoms. The molecule has 0 atom stereocenters. The lowest BCUT2D eigenvalue weighted by molar-refractivity contribution is -0.385. The smallest absolute Gasteiger partial charge is 0.273 e. The zero-order valence-electron chi connectivity index (χ0n) is 16.0. The third-order valence-electron chi connectivity index (χ3n) is 4.29. The molecule has 0 aliphatic carbocycles. The topological polar surface area (TPSA) is 118 Å². The van der Waals surface area contributed by atoms with Gasteiger partial charge in [-0.1, -0.05) is 35.9 Å². The summed E-state index contributed by atoms with van der Waals surface area (Å²) in [5.41, 5.74) is 2.01. The van der Waals surface area contributed by atoms with E-state index in [1.807, 2.05) is 6.92 Å². The number of rotatable bonds is 7. The number of para-hydroxylation sites is 1. The second-order valence-corrected chi connectivity index (χ2v) is 8.29. The van der Waals surface area contributed by atoms with Gasteiger partial charge in [0, 0.05) is 23.0 Å². The van der Waals surface area contributed by atoms with Gasteiger partial charge in [0.25, 0.3) is 15.7 Å². The Balaban J connectivity index is 1.67. The minimum absolute atomic E-state index is 0.0415. The number of hydrogen-bond acceptors (Lipinski definition) is 5. The third kappa shape index (κ3) is 5.21. The number of nitrogens with one attached hydrogen (secondary N) is 2. The van der Waals surface area contributed by atoms with Gasteiger partial charge in [0.1, 0.15) is 0 Å². The number of carbonyl (C=O) groups excluding carboxylic acids is 1. The molecule has 30 heavy (non-hydrogen) atoms.